The van der Waals surface area contributed by atoms with Crippen LogP contribution in [0.4, 0.5) is 0 Å². The molecule has 0 aliphatic carbocycles. The van der Waals surface area contributed by atoms with E-state index in [-0.39, 0.29) is 11.2 Å². The molecule has 1 heterocycles. The highest BCUT2D eigenvalue weighted by atomic mass is 16.7. The van der Waals surface area contributed by atoms with Gasteiger partial charge in [-0.05, 0) is 27.7 Å². The van der Waals surface area contributed by atoms with Crippen molar-refractivity contribution in [2.24, 2.45) is 0 Å². The van der Waals surface area contributed by atoms with E-state index in [1.54, 1.807) is 6.32 Å². The quantitative estimate of drug-likeness (QED) is 0.358. The molecule has 1 aliphatic rings. The second-order valence-electron chi connectivity index (χ2n) is 4.15. The Morgan fingerprint density at radius 1 is 1.15 bits per heavy atom. The van der Waals surface area contributed by atoms with Crippen LogP contribution in [-0.2, 0) is 9.31 Å². The molecule has 1 saturated heterocycles. The lowest BCUT2D eigenvalue weighted by Gasteiger charge is -2.32. The molecular weight excluding hydrogens is 167 g/mol. The van der Waals surface area contributed by atoms with Crippen molar-refractivity contribution in [2.75, 3.05) is 0 Å². The van der Waals surface area contributed by atoms with Gasteiger partial charge in [0.05, 0.1) is 11.2 Å². The molecule has 0 amide bonds. The average molecular weight is 182 g/mol. The van der Waals surface area contributed by atoms with Gasteiger partial charge in [0.15, 0.2) is 0 Å². The topological polar surface area (TPSA) is 41.5 Å². The van der Waals surface area contributed by atoms with Gasteiger partial charge < -0.3 is 20.7 Å². The van der Waals surface area contributed by atoms with Gasteiger partial charge in [0, 0.05) is 0 Å². The highest BCUT2D eigenvalue weighted by Crippen LogP contribution is 2.37. The lowest BCUT2D eigenvalue weighted by Crippen LogP contribution is -2.41. The van der Waals surface area contributed by atoms with Crippen molar-refractivity contribution in [3.05, 3.63) is 18.7 Å². The Morgan fingerprint density at radius 2 is 1.62 bits per heavy atom. The van der Waals surface area contributed by atoms with E-state index in [2.05, 4.69) is 0 Å². The van der Waals surface area contributed by atoms with Crippen LogP contribution >= 0.6 is 0 Å². The van der Waals surface area contributed by atoms with E-state index < -0.39 is 7.12 Å². The zero-order valence-corrected chi connectivity index (χ0v) is 8.53. The van der Waals surface area contributed by atoms with Crippen LogP contribution in [0.3, 0.4) is 0 Å². The summed E-state index contributed by atoms with van der Waals surface area (Å²) in [4.78, 5) is 0. The summed E-state index contributed by atoms with van der Waals surface area (Å²) in [5.74, 6) is 0. The molecule has 1 aliphatic heterocycles. The van der Waals surface area contributed by atoms with Gasteiger partial charge in [-0.1, -0.05) is 0 Å². The van der Waals surface area contributed by atoms with E-state index in [0.29, 0.717) is 6.26 Å². The number of hydrogen-bond donors (Lipinski definition) is 0. The van der Waals surface area contributed by atoms with Gasteiger partial charge in [-0.3, -0.25) is 0 Å². The molecule has 0 unspecified atom stereocenters. The van der Waals surface area contributed by atoms with Gasteiger partial charge >= 0.3 is 7.12 Å². The predicted octanol–water partition coefficient (Wildman–Crippen LogP) is 0.696. The van der Waals surface area contributed by atoms with Crippen molar-refractivity contribution in [2.45, 2.75) is 38.9 Å². The first kappa shape index (κ1) is 10.5. The molecule has 1 rings (SSSR count). The van der Waals surface area contributed by atoms with E-state index in [4.69, 9.17) is 9.31 Å². The zero-order chi connectivity index (χ0) is 10.1. The minimum Gasteiger partial charge on any atom is -0.959 e. The second kappa shape index (κ2) is 3.27. The predicted molar refractivity (Wildman–Crippen MR) is 49.5 cm³/mol. The largest absolute Gasteiger partial charge is 0.959 e. The van der Waals surface area contributed by atoms with Gasteiger partial charge in [-0.15, -0.1) is 0 Å². The molecule has 0 aromatic rings. The first-order chi connectivity index (χ1) is 5.89. The molecule has 0 atom stereocenters. The molecule has 0 aromatic heterocycles. The molecule has 0 radical (unpaired) electrons. The van der Waals surface area contributed by atoms with Gasteiger partial charge in [0.25, 0.3) is 0 Å². The lowest BCUT2D eigenvalue weighted by molar-refractivity contribution is -0.274. The van der Waals surface area contributed by atoms with E-state index >= 15 is 0 Å². The Bertz CT molecular complexity index is 195. The molecule has 0 spiro atoms. The van der Waals surface area contributed by atoms with Crippen molar-refractivity contribution in [3.8, 4) is 0 Å². The summed E-state index contributed by atoms with van der Waals surface area (Å²) in [5, 5.41) is 10.1. The highest BCUT2D eigenvalue weighted by molar-refractivity contribution is 6.50. The van der Waals surface area contributed by atoms with Crippen LogP contribution < -0.4 is 5.11 Å². The van der Waals surface area contributed by atoms with E-state index in [0.717, 1.165) is 0 Å². The minimum atomic E-state index is -0.407. The minimum absolute atomic E-state index is 0.328. The molecule has 74 valence electrons. The van der Waals surface area contributed by atoms with Crippen molar-refractivity contribution >= 4 is 7.12 Å². The lowest BCUT2D eigenvalue weighted by atomic mass is 9.85. The summed E-state index contributed by atoms with van der Waals surface area (Å²) in [7, 11) is -0.407. The Balaban J connectivity index is 2.60. The van der Waals surface area contributed by atoms with Crippen LogP contribution in [0, 0.1) is 6.32 Å². The van der Waals surface area contributed by atoms with Gasteiger partial charge in [0.2, 0.25) is 0 Å². The monoisotopic (exact) mass is 182 g/mol. The normalized spacial score (nSPS) is 25.4. The first-order valence-corrected chi connectivity index (χ1v) is 4.37. The Kier molecular flexibility index (Phi) is 2.64. The fraction of sp³-hybridized carbons (Fsp3) is 0.667. The van der Waals surface area contributed by atoms with E-state index in [9.17, 15) is 5.11 Å². The molecule has 0 bridgehead atoms. The third-order valence-electron chi connectivity index (χ3n) is 2.62. The third-order valence-corrected chi connectivity index (χ3v) is 2.62. The van der Waals surface area contributed by atoms with Gasteiger partial charge in [-0.25, -0.2) is 6.08 Å². The number of hydrogen-bond acceptors (Lipinski definition) is 3. The summed E-state index contributed by atoms with van der Waals surface area (Å²) in [6.45, 7) is 7.90. The number of allylic oxidation sites excluding steroid dienone is 1. The second-order valence-corrected chi connectivity index (χ2v) is 4.15. The van der Waals surface area contributed by atoms with Crippen LogP contribution in [0.5, 0.6) is 0 Å². The van der Waals surface area contributed by atoms with Crippen LogP contribution in [0.2, 0.25) is 0 Å². The van der Waals surface area contributed by atoms with Crippen molar-refractivity contribution in [3.63, 3.8) is 0 Å². The maximum Gasteiger partial charge on any atom is 0.380 e. The fourth-order valence-corrected chi connectivity index (χ4v) is 1.10. The summed E-state index contributed by atoms with van der Waals surface area (Å²) < 4.78 is 11.2. The van der Waals surface area contributed by atoms with Gasteiger partial charge in [-0.2, -0.15) is 6.32 Å². The summed E-state index contributed by atoms with van der Waals surface area (Å²) >= 11 is 0. The van der Waals surface area contributed by atoms with Crippen molar-refractivity contribution in [1.29, 1.82) is 0 Å². The van der Waals surface area contributed by atoms with Crippen LogP contribution in [0.25, 0.3) is 0 Å². The first-order valence-electron chi connectivity index (χ1n) is 4.37. The van der Waals surface area contributed by atoms with Crippen LogP contribution in [0.15, 0.2) is 12.3 Å². The molecule has 1 fully saturated rings. The molecule has 3 nitrogen and oxygen atoms in total. The number of rotatable bonds is 2. The average Bonchev–Trinajstić information content (AvgIpc) is 2.17. The Morgan fingerprint density at radius 3 is 2.00 bits per heavy atom. The molecule has 0 N–H and O–H groups in total. The Labute approximate surface area is 79.9 Å². The zero-order valence-electron chi connectivity index (χ0n) is 8.53. The third kappa shape index (κ3) is 2.01. The van der Waals surface area contributed by atoms with Crippen LogP contribution in [-0.4, -0.2) is 18.3 Å². The molecule has 13 heavy (non-hydrogen) atoms. The van der Waals surface area contributed by atoms with Crippen molar-refractivity contribution in [1.82, 2.24) is 0 Å². The molecule has 4 heteroatoms. The smallest absolute Gasteiger partial charge is 0.380 e. The van der Waals surface area contributed by atoms with Gasteiger partial charge in [0.1, 0.15) is 0 Å². The van der Waals surface area contributed by atoms with E-state index in [1.165, 1.54) is 6.08 Å². The molecular formula is C9H15BO3-2. The highest BCUT2D eigenvalue weighted by Gasteiger charge is 2.48. The van der Waals surface area contributed by atoms with Crippen molar-refractivity contribution < 1.29 is 14.4 Å². The summed E-state index contributed by atoms with van der Waals surface area (Å²) in [6.07, 6.45) is 3.72. The summed E-state index contributed by atoms with van der Waals surface area (Å²) in [6, 6.07) is 0. The molecule has 0 aromatic carbocycles. The molecule has 0 saturated carbocycles. The SMILES string of the molecule is CC1(C)OB([CH-]C=C[O-])OC1(C)C. The standard InChI is InChI=1S/C9H16BO3/c1-8(2)9(3,4)13-10(12-8)6-5-7-11/h5-7,11H,1-4H3/q-1/p-1. The van der Waals surface area contributed by atoms with Crippen LogP contribution in [0.1, 0.15) is 27.7 Å². The maximum absolute atomic E-state index is 10.1. The summed E-state index contributed by atoms with van der Waals surface area (Å²) in [5.41, 5.74) is -0.657. The maximum atomic E-state index is 10.1. The fourth-order valence-electron chi connectivity index (χ4n) is 1.10. The Hall–Kier alpha value is -0.605. The van der Waals surface area contributed by atoms with E-state index in [1.807, 2.05) is 27.7 Å².